The summed E-state index contributed by atoms with van der Waals surface area (Å²) >= 11 is 0. The fourth-order valence-electron chi connectivity index (χ4n) is 3.81. The van der Waals surface area contributed by atoms with E-state index < -0.39 is 17.7 Å². The van der Waals surface area contributed by atoms with Crippen LogP contribution in [0.2, 0.25) is 0 Å². The molecule has 0 aliphatic carbocycles. The van der Waals surface area contributed by atoms with Crippen LogP contribution in [0.25, 0.3) is 11.1 Å². The molecule has 0 bridgehead atoms. The molecule has 0 saturated carbocycles. The highest BCUT2D eigenvalue weighted by Gasteiger charge is 2.25. The van der Waals surface area contributed by atoms with Gasteiger partial charge in [0.25, 0.3) is 5.91 Å². The molecule has 3 aromatic carbocycles. The number of amides is 3. The highest BCUT2D eigenvalue weighted by molar-refractivity contribution is 5.85. The maximum atomic E-state index is 12.7. The summed E-state index contributed by atoms with van der Waals surface area (Å²) in [6.45, 7) is 5.33. The molecule has 2 N–H and O–H groups in total. The summed E-state index contributed by atoms with van der Waals surface area (Å²) in [6.07, 6.45) is 0.617. The van der Waals surface area contributed by atoms with Crippen LogP contribution < -0.4 is 15.6 Å². The average molecular weight is 532 g/mol. The second-order valence-corrected chi connectivity index (χ2v) is 10.5. The second-order valence-electron chi connectivity index (χ2n) is 10.5. The lowest BCUT2D eigenvalue weighted by Gasteiger charge is -2.25. The van der Waals surface area contributed by atoms with Crippen molar-refractivity contribution in [3.63, 3.8) is 0 Å². The summed E-state index contributed by atoms with van der Waals surface area (Å²) in [6, 6.07) is 24.3. The van der Waals surface area contributed by atoms with Gasteiger partial charge in [-0.25, -0.2) is 4.79 Å². The van der Waals surface area contributed by atoms with Crippen LogP contribution in [0.5, 0.6) is 5.75 Å². The van der Waals surface area contributed by atoms with E-state index in [1.807, 2.05) is 66.7 Å². The third-order valence-corrected chi connectivity index (χ3v) is 5.78. The normalized spacial score (nSPS) is 11.7. The zero-order valence-corrected chi connectivity index (χ0v) is 23.2. The lowest BCUT2D eigenvalue weighted by Crippen LogP contribution is -2.48. The summed E-state index contributed by atoms with van der Waals surface area (Å²) in [4.78, 5) is 43.8. The van der Waals surface area contributed by atoms with Crippen molar-refractivity contribution in [1.82, 2.24) is 15.7 Å². The lowest BCUT2D eigenvalue weighted by molar-refractivity contribution is -0.131. The van der Waals surface area contributed by atoms with Crippen LogP contribution in [0.4, 0.5) is 4.79 Å². The van der Waals surface area contributed by atoms with E-state index in [9.17, 15) is 14.4 Å². The van der Waals surface area contributed by atoms with Crippen LogP contribution >= 0.6 is 0 Å². The highest BCUT2D eigenvalue weighted by Crippen LogP contribution is 2.22. The van der Waals surface area contributed by atoms with Crippen molar-refractivity contribution in [2.24, 2.45) is 0 Å². The van der Waals surface area contributed by atoms with E-state index in [-0.39, 0.29) is 11.8 Å². The number of nitrogens with zero attached hydrogens (tertiary/aromatic N) is 1. The van der Waals surface area contributed by atoms with E-state index in [4.69, 9.17) is 9.57 Å². The molecule has 0 aliphatic rings. The zero-order chi connectivity index (χ0) is 28.4. The number of carbonyl (C=O) groups excluding carboxylic acids is 3. The number of alkyl carbamates (subject to hydrolysis) is 1. The number of hydrogen-bond donors (Lipinski definition) is 2. The van der Waals surface area contributed by atoms with Crippen LogP contribution in [-0.2, 0) is 27.2 Å². The summed E-state index contributed by atoms with van der Waals surface area (Å²) < 4.78 is 5.33. The first-order valence-electron chi connectivity index (χ1n) is 12.9. The van der Waals surface area contributed by atoms with E-state index in [2.05, 4.69) is 10.8 Å². The number of benzene rings is 3. The minimum atomic E-state index is -0.740. The summed E-state index contributed by atoms with van der Waals surface area (Å²) in [7, 11) is 3.31. The molecule has 8 nitrogen and oxygen atoms in total. The van der Waals surface area contributed by atoms with Gasteiger partial charge in [-0.1, -0.05) is 66.7 Å². The minimum absolute atomic E-state index is 0.189. The molecule has 39 heavy (non-hydrogen) atoms. The van der Waals surface area contributed by atoms with Gasteiger partial charge in [-0.3, -0.25) is 9.59 Å². The van der Waals surface area contributed by atoms with Gasteiger partial charge in [0.2, 0.25) is 5.91 Å². The van der Waals surface area contributed by atoms with Gasteiger partial charge in [0, 0.05) is 26.9 Å². The van der Waals surface area contributed by atoms with Crippen molar-refractivity contribution in [3.05, 3.63) is 90.0 Å². The Labute approximate surface area is 230 Å². The van der Waals surface area contributed by atoms with E-state index in [1.54, 1.807) is 47.0 Å². The number of ether oxygens (including phenoxy) is 1. The number of nitrogens with one attached hydrogen (secondary N) is 2. The van der Waals surface area contributed by atoms with Crippen LogP contribution in [0.15, 0.2) is 78.9 Å². The van der Waals surface area contributed by atoms with Gasteiger partial charge in [-0.05, 0) is 61.6 Å². The molecule has 1 atom stereocenters. The number of para-hydroxylation sites is 1. The predicted molar refractivity (Wildman–Crippen MR) is 151 cm³/mol. The van der Waals surface area contributed by atoms with Crippen molar-refractivity contribution in [2.45, 2.75) is 51.7 Å². The summed E-state index contributed by atoms with van der Waals surface area (Å²) in [5.41, 5.74) is 5.83. The van der Waals surface area contributed by atoms with Gasteiger partial charge in [0.15, 0.2) is 5.75 Å². The Kier molecular flexibility index (Phi) is 10.1. The van der Waals surface area contributed by atoms with Gasteiger partial charge >= 0.3 is 6.09 Å². The molecule has 8 heteroatoms. The Hall–Kier alpha value is -4.33. The molecule has 0 unspecified atom stereocenters. The molecule has 0 aliphatic heterocycles. The van der Waals surface area contributed by atoms with E-state index in [0.29, 0.717) is 25.0 Å². The van der Waals surface area contributed by atoms with Gasteiger partial charge in [-0.2, -0.15) is 5.48 Å². The third kappa shape index (κ3) is 9.81. The number of hydroxylamine groups is 1. The Morgan fingerprint density at radius 2 is 1.38 bits per heavy atom. The molecule has 0 heterocycles. The first-order valence-corrected chi connectivity index (χ1v) is 12.9. The maximum absolute atomic E-state index is 12.7. The smallest absolute Gasteiger partial charge is 0.408 e. The van der Waals surface area contributed by atoms with E-state index in [1.165, 1.54) is 4.90 Å². The lowest BCUT2D eigenvalue weighted by atomic mass is 9.99. The van der Waals surface area contributed by atoms with Crippen molar-refractivity contribution in [1.29, 1.82) is 0 Å². The van der Waals surface area contributed by atoms with E-state index in [0.717, 1.165) is 22.3 Å². The topological polar surface area (TPSA) is 97.0 Å². The quantitative estimate of drug-likeness (QED) is 0.362. The first kappa shape index (κ1) is 29.2. The molecule has 0 fully saturated rings. The van der Waals surface area contributed by atoms with Gasteiger partial charge < -0.3 is 19.8 Å². The summed E-state index contributed by atoms with van der Waals surface area (Å²) in [5.74, 6) is 0.187. The fraction of sp³-hybridized carbons (Fsp3) is 0.323. The Morgan fingerprint density at radius 3 is 1.92 bits per heavy atom. The summed E-state index contributed by atoms with van der Waals surface area (Å²) in [5, 5.41) is 2.70. The number of likely N-dealkylation sites (N-methyl/N-ethyl adjacent to an activating group) is 1. The molecule has 0 saturated heterocycles. The van der Waals surface area contributed by atoms with Crippen molar-refractivity contribution in [2.75, 3.05) is 14.1 Å². The fourth-order valence-corrected chi connectivity index (χ4v) is 3.81. The molecular weight excluding hydrogens is 494 g/mol. The SMILES string of the molecule is CN(C)C(=O)[C@H](Cc1ccc(-c2ccc(CCC(=O)NOc3ccccc3)cc2)cc1)NC(=O)OC(C)(C)C. The average Bonchev–Trinajstić information content (AvgIpc) is 2.90. The van der Waals surface area contributed by atoms with Crippen molar-refractivity contribution in [3.8, 4) is 16.9 Å². The Morgan fingerprint density at radius 1 is 0.821 bits per heavy atom. The molecule has 3 amide bonds. The molecular formula is C31H37N3O5. The second kappa shape index (κ2) is 13.5. The number of hydrogen-bond acceptors (Lipinski definition) is 5. The molecule has 206 valence electrons. The van der Waals surface area contributed by atoms with Gasteiger partial charge in [-0.15, -0.1) is 0 Å². The van der Waals surface area contributed by atoms with Crippen LogP contribution in [0.3, 0.4) is 0 Å². The van der Waals surface area contributed by atoms with E-state index >= 15 is 0 Å². The van der Waals surface area contributed by atoms with Crippen molar-refractivity contribution >= 4 is 17.9 Å². The standard InChI is InChI=1S/C31H37N3O5/c1-31(2,3)38-30(37)32-27(29(36)34(4)5)21-23-13-18-25(19-14-23)24-16-11-22(12-17-24)15-20-28(35)33-39-26-9-7-6-8-10-26/h6-14,16-19,27H,15,20-21H2,1-5H3,(H,32,37)(H,33,35)/t27-/m0/s1. The largest absolute Gasteiger partial charge is 0.444 e. The molecule has 3 aromatic rings. The Bertz CT molecular complexity index is 1230. The third-order valence-electron chi connectivity index (χ3n) is 5.78. The Balaban J connectivity index is 1.55. The molecule has 3 rings (SSSR count). The highest BCUT2D eigenvalue weighted by atomic mass is 16.7. The number of aryl methyl sites for hydroxylation is 1. The monoisotopic (exact) mass is 531 g/mol. The van der Waals surface area contributed by atoms with Gasteiger partial charge in [0.05, 0.1) is 0 Å². The number of carbonyl (C=O) groups is 3. The first-order chi connectivity index (χ1) is 18.5. The zero-order valence-electron chi connectivity index (χ0n) is 23.2. The maximum Gasteiger partial charge on any atom is 0.408 e. The van der Waals surface area contributed by atoms with Crippen LogP contribution in [-0.4, -0.2) is 48.5 Å². The number of rotatable bonds is 10. The minimum Gasteiger partial charge on any atom is -0.444 e. The van der Waals surface area contributed by atoms with Crippen LogP contribution in [0.1, 0.15) is 38.3 Å². The molecule has 0 spiro atoms. The molecule has 0 aromatic heterocycles. The van der Waals surface area contributed by atoms with Gasteiger partial charge in [0.1, 0.15) is 11.6 Å². The predicted octanol–water partition coefficient (Wildman–Crippen LogP) is 4.92. The van der Waals surface area contributed by atoms with Crippen molar-refractivity contribution < 1.29 is 24.0 Å². The molecule has 0 radical (unpaired) electrons. The van der Waals surface area contributed by atoms with Crippen LogP contribution in [0, 0.1) is 0 Å².